The molecule has 1 aromatic carbocycles. The van der Waals surface area contributed by atoms with Gasteiger partial charge in [-0.25, -0.2) is 9.59 Å². The molecule has 1 aromatic rings. The molecule has 2 amide bonds. The maximum absolute atomic E-state index is 12.3. The van der Waals surface area contributed by atoms with Crippen LogP contribution in [0, 0.1) is 0 Å². The van der Waals surface area contributed by atoms with E-state index in [0.717, 1.165) is 24.0 Å². The number of carbonyl (C=O) groups excluding carboxylic acids is 1. The average molecular weight is 288 g/mol. The molecule has 1 fully saturated rings. The minimum atomic E-state index is -0.893. The summed E-state index contributed by atoms with van der Waals surface area (Å²) in [6, 6.07) is 5.59. The third-order valence-corrected chi connectivity index (χ3v) is 4.47. The summed E-state index contributed by atoms with van der Waals surface area (Å²) in [5, 5.41) is 12.3. The molecule has 0 spiro atoms. The molecule has 0 radical (unpaired) electrons. The number of carboxylic acids is 1. The molecule has 0 unspecified atom stereocenters. The summed E-state index contributed by atoms with van der Waals surface area (Å²) in [6.07, 6.45) is 5.13. The second-order valence-corrected chi connectivity index (χ2v) is 5.85. The third kappa shape index (κ3) is 2.86. The van der Waals surface area contributed by atoms with Gasteiger partial charge in [0.2, 0.25) is 0 Å². The molecular formula is C16H20N2O3. The molecule has 0 aromatic heterocycles. The summed E-state index contributed by atoms with van der Waals surface area (Å²) in [4.78, 5) is 25.3. The highest BCUT2D eigenvalue weighted by Gasteiger charge is 2.26. The first kappa shape index (κ1) is 13.9. The number of aromatic carboxylic acids is 1. The van der Waals surface area contributed by atoms with E-state index in [1.165, 1.54) is 12.8 Å². The summed E-state index contributed by atoms with van der Waals surface area (Å²) >= 11 is 0. The van der Waals surface area contributed by atoms with Gasteiger partial charge in [0.25, 0.3) is 0 Å². The Balaban J connectivity index is 1.71. The predicted octanol–water partition coefficient (Wildman–Crippen LogP) is 2.40. The molecule has 5 nitrogen and oxygen atoms in total. The normalized spacial score (nSPS) is 18.4. The topological polar surface area (TPSA) is 69.6 Å². The van der Waals surface area contributed by atoms with Gasteiger partial charge in [0.05, 0.1) is 5.56 Å². The lowest BCUT2D eigenvalue weighted by molar-refractivity contribution is 0.0695. The molecule has 0 atom stereocenters. The van der Waals surface area contributed by atoms with Crippen molar-refractivity contribution >= 4 is 12.0 Å². The predicted molar refractivity (Wildman–Crippen MR) is 78.3 cm³/mol. The largest absolute Gasteiger partial charge is 0.478 e. The summed E-state index contributed by atoms with van der Waals surface area (Å²) in [5.74, 6) is -0.893. The van der Waals surface area contributed by atoms with E-state index in [1.54, 1.807) is 17.0 Å². The molecule has 1 aliphatic carbocycles. The van der Waals surface area contributed by atoms with Crippen molar-refractivity contribution in [2.24, 2.45) is 0 Å². The van der Waals surface area contributed by atoms with Crippen molar-refractivity contribution in [1.82, 2.24) is 10.2 Å². The molecule has 2 aliphatic rings. The van der Waals surface area contributed by atoms with Crippen molar-refractivity contribution in [2.75, 3.05) is 6.54 Å². The first-order chi connectivity index (χ1) is 10.1. The number of nitrogens with zero attached hydrogens (tertiary/aromatic N) is 1. The van der Waals surface area contributed by atoms with E-state index in [-0.39, 0.29) is 6.03 Å². The quantitative estimate of drug-likeness (QED) is 0.878. The Kier molecular flexibility index (Phi) is 3.82. The number of hydrogen-bond acceptors (Lipinski definition) is 2. The fourth-order valence-electron chi connectivity index (χ4n) is 3.32. The van der Waals surface area contributed by atoms with Gasteiger partial charge in [-0.05, 0) is 36.5 Å². The highest BCUT2D eigenvalue weighted by atomic mass is 16.4. The van der Waals surface area contributed by atoms with E-state index in [0.29, 0.717) is 31.1 Å². The van der Waals surface area contributed by atoms with Crippen molar-refractivity contribution in [1.29, 1.82) is 0 Å². The van der Waals surface area contributed by atoms with Crippen LogP contribution in [0.25, 0.3) is 0 Å². The van der Waals surface area contributed by atoms with Crippen LogP contribution in [0.5, 0.6) is 0 Å². The van der Waals surface area contributed by atoms with Gasteiger partial charge in [-0.1, -0.05) is 25.0 Å². The number of amides is 2. The lowest BCUT2D eigenvalue weighted by Gasteiger charge is -2.30. The smallest absolute Gasteiger partial charge is 0.335 e. The standard InChI is InChI=1S/C16H20N2O3/c19-15(20)14-7-3-4-11-10-18(9-8-13(11)14)16(21)17-12-5-1-2-6-12/h3-4,7,12H,1-2,5-6,8-10H2,(H,17,21)(H,19,20). The molecule has 1 saturated carbocycles. The summed E-state index contributed by atoms with van der Waals surface area (Å²) < 4.78 is 0. The number of hydrogen-bond donors (Lipinski definition) is 2. The van der Waals surface area contributed by atoms with Crippen LogP contribution in [0.4, 0.5) is 4.79 Å². The van der Waals surface area contributed by atoms with E-state index >= 15 is 0 Å². The average Bonchev–Trinajstić information content (AvgIpc) is 2.98. The third-order valence-electron chi connectivity index (χ3n) is 4.47. The van der Waals surface area contributed by atoms with E-state index in [1.807, 2.05) is 6.07 Å². The Morgan fingerprint density at radius 2 is 2.00 bits per heavy atom. The summed E-state index contributed by atoms with van der Waals surface area (Å²) in [7, 11) is 0. The zero-order chi connectivity index (χ0) is 14.8. The zero-order valence-electron chi connectivity index (χ0n) is 12.0. The van der Waals surface area contributed by atoms with Gasteiger partial charge >= 0.3 is 12.0 Å². The minimum Gasteiger partial charge on any atom is -0.478 e. The molecule has 112 valence electrons. The molecule has 3 rings (SSSR count). The van der Waals surface area contributed by atoms with Gasteiger partial charge in [0.15, 0.2) is 0 Å². The SMILES string of the molecule is O=C(O)c1cccc2c1CCN(C(=O)NC1CCCC1)C2. The molecule has 5 heteroatoms. The Bertz CT molecular complexity index is 565. The van der Waals surface area contributed by atoms with Gasteiger partial charge in [0.1, 0.15) is 0 Å². The van der Waals surface area contributed by atoms with Crippen LogP contribution in [0.1, 0.15) is 47.2 Å². The number of nitrogens with one attached hydrogen (secondary N) is 1. The van der Waals surface area contributed by atoms with Crippen molar-refractivity contribution in [2.45, 2.75) is 44.7 Å². The molecule has 21 heavy (non-hydrogen) atoms. The first-order valence-electron chi connectivity index (χ1n) is 7.54. The first-order valence-corrected chi connectivity index (χ1v) is 7.54. The number of urea groups is 1. The van der Waals surface area contributed by atoms with Crippen LogP contribution in [0.2, 0.25) is 0 Å². The zero-order valence-corrected chi connectivity index (χ0v) is 12.0. The van der Waals surface area contributed by atoms with Crippen molar-refractivity contribution in [3.63, 3.8) is 0 Å². The second kappa shape index (κ2) is 5.76. The van der Waals surface area contributed by atoms with Gasteiger partial charge in [-0.15, -0.1) is 0 Å². The summed E-state index contributed by atoms with van der Waals surface area (Å²) in [5.41, 5.74) is 2.18. The van der Waals surface area contributed by atoms with Crippen LogP contribution >= 0.6 is 0 Å². The molecule has 0 bridgehead atoms. The number of rotatable bonds is 2. The Hall–Kier alpha value is -2.04. The van der Waals surface area contributed by atoms with Crippen LogP contribution in [0.15, 0.2) is 18.2 Å². The van der Waals surface area contributed by atoms with Gasteiger partial charge in [0, 0.05) is 19.1 Å². The van der Waals surface area contributed by atoms with Crippen LogP contribution < -0.4 is 5.32 Å². The fourth-order valence-corrected chi connectivity index (χ4v) is 3.32. The molecule has 2 N–H and O–H groups in total. The molecule has 1 heterocycles. The van der Waals surface area contributed by atoms with Crippen LogP contribution in [-0.4, -0.2) is 34.6 Å². The van der Waals surface area contributed by atoms with Gasteiger partial charge in [-0.3, -0.25) is 0 Å². The maximum atomic E-state index is 12.3. The van der Waals surface area contributed by atoms with Crippen LogP contribution in [0.3, 0.4) is 0 Å². The minimum absolute atomic E-state index is 0.0201. The molecular weight excluding hydrogens is 268 g/mol. The van der Waals surface area contributed by atoms with Crippen molar-refractivity contribution < 1.29 is 14.7 Å². The van der Waals surface area contributed by atoms with E-state index in [9.17, 15) is 14.7 Å². The second-order valence-electron chi connectivity index (χ2n) is 5.85. The van der Waals surface area contributed by atoms with Gasteiger partial charge < -0.3 is 15.3 Å². The van der Waals surface area contributed by atoms with Gasteiger partial charge in [-0.2, -0.15) is 0 Å². The Morgan fingerprint density at radius 3 is 2.71 bits per heavy atom. The van der Waals surface area contributed by atoms with Crippen molar-refractivity contribution in [3.8, 4) is 0 Å². The van der Waals surface area contributed by atoms with E-state index in [2.05, 4.69) is 5.32 Å². The van der Waals surface area contributed by atoms with Crippen LogP contribution in [-0.2, 0) is 13.0 Å². The number of carbonyl (C=O) groups is 2. The highest BCUT2D eigenvalue weighted by Crippen LogP contribution is 2.23. The number of fused-ring (bicyclic) bond motifs is 1. The van der Waals surface area contributed by atoms with Crippen molar-refractivity contribution in [3.05, 3.63) is 34.9 Å². The molecule has 0 saturated heterocycles. The maximum Gasteiger partial charge on any atom is 0.335 e. The number of carboxylic acid groups (broad SMARTS) is 1. The monoisotopic (exact) mass is 288 g/mol. The fraction of sp³-hybridized carbons (Fsp3) is 0.500. The highest BCUT2D eigenvalue weighted by molar-refractivity contribution is 5.90. The van der Waals surface area contributed by atoms with E-state index < -0.39 is 5.97 Å². The lowest BCUT2D eigenvalue weighted by Crippen LogP contribution is -2.46. The number of benzene rings is 1. The summed E-state index contributed by atoms with van der Waals surface area (Å²) in [6.45, 7) is 1.07. The Morgan fingerprint density at radius 1 is 1.24 bits per heavy atom. The van der Waals surface area contributed by atoms with E-state index in [4.69, 9.17) is 0 Å². The molecule has 1 aliphatic heterocycles. The Labute approximate surface area is 123 Å². The lowest BCUT2D eigenvalue weighted by atomic mass is 9.94.